The molecule has 0 bridgehead atoms. The number of methoxy groups -OCH3 is 2. The number of sulfonamides is 1. The Labute approximate surface area is 216 Å². The van der Waals surface area contributed by atoms with E-state index in [-0.39, 0.29) is 22.1 Å². The molecule has 0 aliphatic rings. The molecule has 3 aromatic rings. The van der Waals surface area contributed by atoms with Crippen LogP contribution in [0, 0.1) is 6.92 Å². The summed E-state index contributed by atoms with van der Waals surface area (Å²) >= 11 is 0. The Bertz CT molecular complexity index is 1370. The molecule has 0 radical (unpaired) electrons. The smallest absolute Gasteiger partial charge is 0.264 e. The van der Waals surface area contributed by atoms with Gasteiger partial charge in [-0.05, 0) is 61.9 Å². The topological polar surface area (TPSA) is 127 Å². The van der Waals surface area contributed by atoms with Gasteiger partial charge in [0.05, 0.1) is 37.6 Å². The quantitative estimate of drug-likeness (QED) is 0.289. The van der Waals surface area contributed by atoms with Gasteiger partial charge < -0.3 is 19.3 Å². The van der Waals surface area contributed by atoms with E-state index in [0.29, 0.717) is 23.7 Å². The van der Waals surface area contributed by atoms with Gasteiger partial charge in [-0.25, -0.2) is 13.8 Å². The number of benzene rings is 3. The summed E-state index contributed by atoms with van der Waals surface area (Å²) in [6.45, 7) is 3.45. The summed E-state index contributed by atoms with van der Waals surface area (Å²) in [5.74, 6) is 0.301. The second-order valence-electron chi connectivity index (χ2n) is 7.82. The standard InChI is InChI=1S/C26H29N3O7S/c1-5-36-24-14-19(8-12-22(24)30)16-27-28-26(31)17-29(20-9-13-23(34-3)25(15-20)35-4)37(32,33)21-10-6-18(2)7-11-21/h6-16,30H,5,17H2,1-4H3,(H,28,31)/b27-16-. The molecule has 0 fully saturated rings. The number of nitrogens with one attached hydrogen (secondary N) is 1. The van der Waals surface area contributed by atoms with Gasteiger partial charge >= 0.3 is 0 Å². The average molecular weight is 528 g/mol. The van der Waals surface area contributed by atoms with Crippen molar-refractivity contribution in [2.75, 3.05) is 31.7 Å². The Morgan fingerprint density at radius 2 is 1.70 bits per heavy atom. The van der Waals surface area contributed by atoms with E-state index in [0.717, 1.165) is 9.87 Å². The number of amides is 1. The molecule has 0 saturated heterocycles. The van der Waals surface area contributed by atoms with E-state index in [9.17, 15) is 18.3 Å². The highest BCUT2D eigenvalue weighted by molar-refractivity contribution is 7.92. The minimum Gasteiger partial charge on any atom is -0.504 e. The highest BCUT2D eigenvalue weighted by Crippen LogP contribution is 2.33. The number of phenolic OH excluding ortho intramolecular Hbond substituents is 1. The number of phenols is 1. The maximum absolute atomic E-state index is 13.6. The number of hydrazone groups is 1. The van der Waals surface area contributed by atoms with E-state index in [1.165, 1.54) is 50.8 Å². The van der Waals surface area contributed by atoms with Crippen LogP contribution < -0.4 is 23.9 Å². The van der Waals surface area contributed by atoms with Gasteiger partial charge in [0.25, 0.3) is 15.9 Å². The maximum atomic E-state index is 13.6. The normalized spacial score (nSPS) is 11.2. The molecule has 10 nitrogen and oxygen atoms in total. The van der Waals surface area contributed by atoms with Gasteiger partial charge in [-0.3, -0.25) is 9.10 Å². The largest absolute Gasteiger partial charge is 0.504 e. The number of rotatable bonds is 11. The Balaban J connectivity index is 1.88. The second kappa shape index (κ2) is 12.1. The van der Waals surface area contributed by atoms with Crippen molar-refractivity contribution in [3.8, 4) is 23.0 Å². The fraction of sp³-hybridized carbons (Fsp3) is 0.231. The molecule has 3 aromatic carbocycles. The third kappa shape index (κ3) is 6.70. The van der Waals surface area contributed by atoms with Crippen LogP contribution in [-0.4, -0.2) is 53.0 Å². The Morgan fingerprint density at radius 1 is 1.00 bits per heavy atom. The first-order valence-electron chi connectivity index (χ1n) is 11.3. The van der Waals surface area contributed by atoms with Gasteiger partial charge in [0.1, 0.15) is 6.54 Å². The lowest BCUT2D eigenvalue weighted by molar-refractivity contribution is -0.119. The molecule has 0 heterocycles. The summed E-state index contributed by atoms with van der Waals surface area (Å²) in [5, 5.41) is 13.7. The number of nitrogens with zero attached hydrogens (tertiary/aromatic N) is 2. The molecular formula is C26H29N3O7S. The zero-order valence-electron chi connectivity index (χ0n) is 21.0. The summed E-state index contributed by atoms with van der Waals surface area (Å²) < 4.78 is 44.0. The summed E-state index contributed by atoms with van der Waals surface area (Å²) in [5.41, 5.74) is 4.01. The number of carbonyl (C=O) groups excluding carboxylic acids is 1. The monoisotopic (exact) mass is 527 g/mol. The third-order valence-electron chi connectivity index (χ3n) is 5.24. The van der Waals surface area contributed by atoms with Crippen molar-refractivity contribution in [2.24, 2.45) is 5.10 Å². The van der Waals surface area contributed by atoms with Gasteiger partial charge in [0, 0.05) is 6.07 Å². The molecule has 0 spiro atoms. The van der Waals surface area contributed by atoms with Crippen LogP contribution in [0.15, 0.2) is 70.7 Å². The zero-order valence-corrected chi connectivity index (χ0v) is 21.8. The molecule has 1 amide bonds. The van der Waals surface area contributed by atoms with Crippen molar-refractivity contribution in [3.05, 3.63) is 71.8 Å². The minimum atomic E-state index is -4.12. The summed E-state index contributed by atoms with van der Waals surface area (Å²) in [4.78, 5) is 12.8. The number of aryl methyl sites for hydroxylation is 1. The molecular weight excluding hydrogens is 498 g/mol. The van der Waals surface area contributed by atoms with Crippen molar-refractivity contribution >= 4 is 27.8 Å². The Morgan fingerprint density at radius 3 is 2.35 bits per heavy atom. The molecule has 0 aliphatic heterocycles. The predicted octanol–water partition coefficient (Wildman–Crippen LogP) is 3.46. The highest BCUT2D eigenvalue weighted by atomic mass is 32.2. The highest BCUT2D eigenvalue weighted by Gasteiger charge is 2.28. The van der Waals surface area contributed by atoms with Crippen LogP contribution >= 0.6 is 0 Å². The van der Waals surface area contributed by atoms with Gasteiger partial charge in [-0.1, -0.05) is 17.7 Å². The fourth-order valence-corrected chi connectivity index (χ4v) is 4.77. The number of ether oxygens (including phenoxy) is 3. The summed E-state index contributed by atoms with van der Waals surface area (Å²) in [6.07, 6.45) is 1.36. The van der Waals surface area contributed by atoms with Crippen LogP contribution in [0.3, 0.4) is 0 Å². The molecule has 0 aliphatic carbocycles. The van der Waals surface area contributed by atoms with Crippen molar-refractivity contribution < 1.29 is 32.5 Å². The third-order valence-corrected chi connectivity index (χ3v) is 7.03. The van der Waals surface area contributed by atoms with Gasteiger partial charge in [0.15, 0.2) is 23.0 Å². The Kier molecular flexibility index (Phi) is 8.96. The first-order chi connectivity index (χ1) is 17.7. The lowest BCUT2D eigenvalue weighted by atomic mass is 10.2. The van der Waals surface area contributed by atoms with E-state index in [1.807, 2.05) is 6.92 Å². The Hall–Kier alpha value is -4.25. The van der Waals surface area contributed by atoms with Crippen LogP contribution in [0.2, 0.25) is 0 Å². The number of anilines is 1. The lowest BCUT2D eigenvalue weighted by Crippen LogP contribution is -2.39. The van der Waals surface area contributed by atoms with E-state index in [2.05, 4.69) is 10.5 Å². The SMILES string of the molecule is CCOc1cc(/C=N\NC(=O)CN(c2ccc(OC)c(OC)c2)S(=O)(=O)c2ccc(C)cc2)ccc1O. The molecule has 37 heavy (non-hydrogen) atoms. The number of aromatic hydroxyl groups is 1. The van der Waals surface area contributed by atoms with Crippen molar-refractivity contribution in [2.45, 2.75) is 18.7 Å². The van der Waals surface area contributed by atoms with Crippen LogP contribution in [0.5, 0.6) is 23.0 Å². The summed E-state index contributed by atoms with van der Waals surface area (Å²) in [7, 11) is -1.22. The molecule has 0 saturated carbocycles. The van der Waals surface area contributed by atoms with E-state index < -0.39 is 22.5 Å². The minimum absolute atomic E-state index is 0.0186. The molecule has 0 aromatic heterocycles. The maximum Gasteiger partial charge on any atom is 0.264 e. The van der Waals surface area contributed by atoms with Crippen molar-refractivity contribution in [1.29, 1.82) is 0 Å². The van der Waals surface area contributed by atoms with Crippen LogP contribution in [0.1, 0.15) is 18.1 Å². The predicted molar refractivity (Wildman–Crippen MR) is 140 cm³/mol. The zero-order chi connectivity index (χ0) is 27.0. The lowest BCUT2D eigenvalue weighted by Gasteiger charge is -2.24. The van der Waals surface area contributed by atoms with E-state index in [4.69, 9.17) is 14.2 Å². The molecule has 3 rings (SSSR count). The summed E-state index contributed by atoms with van der Waals surface area (Å²) in [6, 6.07) is 15.5. The molecule has 2 N–H and O–H groups in total. The number of carbonyl (C=O) groups is 1. The van der Waals surface area contributed by atoms with Crippen LogP contribution in [0.25, 0.3) is 0 Å². The second-order valence-corrected chi connectivity index (χ2v) is 9.68. The average Bonchev–Trinajstić information content (AvgIpc) is 2.89. The van der Waals surface area contributed by atoms with E-state index >= 15 is 0 Å². The van der Waals surface area contributed by atoms with Gasteiger partial charge in [-0.2, -0.15) is 5.10 Å². The first-order valence-corrected chi connectivity index (χ1v) is 12.7. The van der Waals surface area contributed by atoms with Gasteiger partial charge in [0.2, 0.25) is 0 Å². The molecule has 0 atom stereocenters. The fourth-order valence-electron chi connectivity index (χ4n) is 3.36. The first kappa shape index (κ1) is 27.3. The van der Waals surface area contributed by atoms with Crippen LogP contribution in [0.4, 0.5) is 5.69 Å². The molecule has 11 heteroatoms. The number of hydrogen-bond acceptors (Lipinski definition) is 8. The van der Waals surface area contributed by atoms with E-state index in [1.54, 1.807) is 37.3 Å². The van der Waals surface area contributed by atoms with Crippen LogP contribution in [-0.2, 0) is 14.8 Å². The van der Waals surface area contributed by atoms with Crippen molar-refractivity contribution in [3.63, 3.8) is 0 Å². The molecule has 0 unspecified atom stereocenters. The number of hydrogen-bond donors (Lipinski definition) is 2. The molecule has 196 valence electrons. The van der Waals surface area contributed by atoms with Crippen molar-refractivity contribution in [1.82, 2.24) is 5.43 Å². The van der Waals surface area contributed by atoms with Gasteiger partial charge in [-0.15, -0.1) is 0 Å².